The molecule has 2 aromatic carbocycles. The molecule has 1 atom stereocenters. The summed E-state index contributed by atoms with van der Waals surface area (Å²) >= 11 is 0. The molecule has 1 aliphatic rings. The number of carbonyl (C=O) groups excluding carboxylic acids is 1. The van der Waals surface area contributed by atoms with Gasteiger partial charge in [0, 0.05) is 11.0 Å². The van der Waals surface area contributed by atoms with Crippen LogP contribution in [0.3, 0.4) is 0 Å². The number of hydrogen-bond acceptors (Lipinski definition) is 1. The van der Waals surface area contributed by atoms with Crippen molar-refractivity contribution in [3.63, 3.8) is 0 Å². The Morgan fingerprint density at radius 1 is 0.875 bits per heavy atom. The molecule has 24 heavy (non-hydrogen) atoms. The summed E-state index contributed by atoms with van der Waals surface area (Å²) in [4.78, 5) is 11.3. The van der Waals surface area contributed by atoms with Gasteiger partial charge in [0.25, 0.3) is 0 Å². The first-order valence-corrected chi connectivity index (χ1v) is 9.40. The molecule has 0 amide bonds. The molecule has 3 rings (SSSR count). The summed E-state index contributed by atoms with van der Waals surface area (Å²) in [6, 6.07) is 14.9. The van der Waals surface area contributed by atoms with Crippen molar-refractivity contribution in [2.75, 3.05) is 0 Å². The first-order valence-electron chi connectivity index (χ1n) is 9.40. The Kier molecular flexibility index (Phi) is 5.18. The molecule has 0 N–H and O–H groups in total. The maximum atomic E-state index is 11.3. The molecular formula is C23H28O. The van der Waals surface area contributed by atoms with E-state index < -0.39 is 0 Å². The maximum absolute atomic E-state index is 11.3. The molecule has 0 heterocycles. The van der Waals surface area contributed by atoms with Crippen molar-refractivity contribution < 1.29 is 4.79 Å². The third-order valence-electron chi connectivity index (χ3n) is 5.62. The Hall–Kier alpha value is -1.89. The van der Waals surface area contributed by atoms with E-state index in [4.69, 9.17) is 0 Å². The molecule has 126 valence electrons. The SMILES string of the molecule is CCCCCCCCC1(C)c2ccccc2-c2ccc(C=O)cc21. The molecule has 2 aromatic rings. The minimum atomic E-state index is 0.0374. The zero-order chi connectivity index (χ0) is 17.0. The minimum absolute atomic E-state index is 0.0374. The molecule has 1 unspecified atom stereocenters. The zero-order valence-corrected chi connectivity index (χ0v) is 15.0. The zero-order valence-electron chi connectivity index (χ0n) is 15.0. The van der Waals surface area contributed by atoms with Crippen LogP contribution in [0.2, 0.25) is 0 Å². The fourth-order valence-corrected chi connectivity index (χ4v) is 4.20. The highest BCUT2D eigenvalue weighted by Gasteiger charge is 2.38. The fraction of sp³-hybridized carbons (Fsp3) is 0.435. The van der Waals surface area contributed by atoms with Crippen LogP contribution in [-0.2, 0) is 5.41 Å². The lowest BCUT2D eigenvalue weighted by molar-refractivity contribution is 0.112. The fourth-order valence-electron chi connectivity index (χ4n) is 4.20. The van der Waals surface area contributed by atoms with Crippen LogP contribution < -0.4 is 0 Å². The van der Waals surface area contributed by atoms with Crippen LogP contribution in [0.25, 0.3) is 11.1 Å². The monoisotopic (exact) mass is 320 g/mol. The molecule has 1 heteroatoms. The van der Waals surface area contributed by atoms with Crippen LogP contribution in [0.5, 0.6) is 0 Å². The Morgan fingerprint density at radius 3 is 2.38 bits per heavy atom. The summed E-state index contributed by atoms with van der Waals surface area (Å²) in [6.07, 6.45) is 10.0. The van der Waals surface area contributed by atoms with Crippen molar-refractivity contribution in [2.24, 2.45) is 0 Å². The van der Waals surface area contributed by atoms with Crippen molar-refractivity contribution in [3.05, 3.63) is 59.2 Å². The van der Waals surface area contributed by atoms with Gasteiger partial charge in [-0.3, -0.25) is 4.79 Å². The van der Waals surface area contributed by atoms with Gasteiger partial charge < -0.3 is 0 Å². The highest BCUT2D eigenvalue weighted by molar-refractivity contribution is 5.85. The van der Waals surface area contributed by atoms with E-state index in [9.17, 15) is 4.79 Å². The largest absolute Gasteiger partial charge is 0.298 e. The normalized spacial score (nSPS) is 18.2. The average molecular weight is 320 g/mol. The van der Waals surface area contributed by atoms with Crippen molar-refractivity contribution in [2.45, 2.75) is 64.2 Å². The molecule has 0 saturated carbocycles. The van der Waals surface area contributed by atoms with Crippen molar-refractivity contribution in [1.82, 2.24) is 0 Å². The van der Waals surface area contributed by atoms with Gasteiger partial charge in [0.1, 0.15) is 6.29 Å². The smallest absolute Gasteiger partial charge is 0.150 e. The Morgan fingerprint density at radius 2 is 1.58 bits per heavy atom. The summed E-state index contributed by atoms with van der Waals surface area (Å²) in [7, 11) is 0. The molecule has 0 fully saturated rings. The summed E-state index contributed by atoms with van der Waals surface area (Å²) in [5.41, 5.74) is 6.24. The second-order valence-electron chi connectivity index (χ2n) is 7.32. The molecule has 0 radical (unpaired) electrons. The highest BCUT2D eigenvalue weighted by atomic mass is 16.1. The number of rotatable bonds is 8. The van der Waals surface area contributed by atoms with Crippen LogP contribution >= 0.6 is 0 Å². The Balaban J connectivity index is 1.85. The lowest BCUT2D eigenvalue weighted by Crippen LogP contribution is -2.20. The summed E-state index contributed by atoms with van der Waals surface area (Å²) in [5, 5.41) is 0. The maximum Gasteiger partial charge on any atom is 0.150 e. The van der Waals surface area contributed by atoms with E-state index in [1.807, 2.05) is 6.07 Å². The van der Waals surface area contributed by atoms with E-state index in [1.165, 1.54) is 60.8 Å². The van der Waals surface area contributed by atoms with E-state index in [1.54, 1.807) is 0 Å². The van der Waals surface area contributed by atoms with Crippen molar-refractivity contribution in [1.29, 1.82) is 0 Å². The number of unbranched alkanes of at least 4 members (excludes halogenated alkanes) is 5. The second kappa shape index (κ2) is 7.34. The van der Waals surface area contributed by atoms with E-state index in [0.29, 0.717) is 0 Å². The Bertz CT molecular complexity index is 716. The predicted molar refractivity (Wildman–Crippen MR) is 102 cm³/mol. The number of hydrogen-bond donors (Lipinski definition) is 0. The third-order valence-corrected chi connectivity index (χ3v) is 5.62. The predicted octanol–water partition coefficient (Wildman–Crippen LogP) is 6.54. The molecular weight excluding hydrogens is 292 g/mol. The number of fused-ring (bicyclic) bond motifs is 3. The van der Waals surface area contributed by atoms with Gasteiger partial charge in [-0.15, -0.1) is 0 Å². The quantitative estimate of drug-likeness (QED) is 0.399. The van der Waals surface area contributed by atoms with Gasteiger partial charge in [-0.25, -0.2) is 0 Å². The summed E-state index contributed by atoms with van der Waals surface area (Å²) in [6.45, 7) is 4.62. The summed E-state index contributed by atoms with van der Waals surface area (Å²) < 4.78 is 0. The van der Waals surface area contributed by atoms with Crippen LogP contribution in [0.1, 0.15) is 80.3 Å². The standard InChI is InChI=1S/C23H28O/c1-3-4-5-6-7-10-15-23(2)21-12-9-8-11-19(21)20-14-13-18(17-24)16-22(20)23/h8-9,11-14,16-17H,3-7,10,15H2,1-2H3. The first-order chi connectivity index (χ1) is 11.7. The second-order valence-corrected chi connectivity index (χ2v) is 7.32. The van der Waals surface area contributed by atoms with Gasteiger partial charge in [0.2, 0.25) is 0 Å². The molecule has 0 aromatic heterocycles. The van der Waals surface area contributed by atoms with Crippen LogP contribution in [0.15, 0.2) is 42.5 Å². The lowest BCUT2D eigenvalue weighted by Gasteiger charge is -2.27. The van der Waals surface area contributed by atoms with E-state index in [2.05, 4.69) is 50.2 Å². The van der Waals surface area contributed by atoms with Gasteiger partial charge in [0.15, 0.2) is 0 Å². The number of benzene rings is 2. The molecule has 0 bridgehead atoms. The number of aldehydes is 1. The van der Waals surface area contributed by atoms with Crippen molar-refractivity contribution in [3.8, 4) is 11.1 Å². The van der Waals surface area contributed by atoms with E-state index in [0.717, 1.165) is 18.3 Å². The van der Waals surface area contributed by atoms with Crippen LogP contribution in [0.4, 0.5) is 0 Å². The Labute approximate surface area is 146 Å². The van der Waals surface area contributed by atoms with Crippen LogP contribution in [0, 0.1) is 0 Å². The van der Waals surface area contributed by atoms with Gasteiger partial charge >= 0.3 is 0 Å². The van der Waals surface area contributed by atoms with E-state index >= 15 is 0 Å². The van der Waals surface area contributed by atoms with Crippen LogP contribution in [-0.4, -0.2) is 6.29 Å². The summed E-state index contributed by atoms with van der Waals surface area (Å²) in [5.74, 6) is 0. The topological polar surface area (TPSA) is 17.1 Å². The third kappa shape index (κ3) is 3.05. The average Bonchev–Trinajstić information content (AvgIpc) is 2.87. The molecule has 1 nitrogen and oxygen atoms in total. The van der Waals surface area contributed by atoms with Gasteiger partial charge in [-0.05, 0) is 34.7 Å². The van der Waals surface area contributed by atoms with Gasteiger partial charge in [0.05, 0.1) is 0 Å². The molecule has 0 saturated heterocycles. The molecule has 0 spiro atoms. The lowest BCUT2D eigenvalue weighted by atomic mass is 9.75. The number of carbonyl (C=O) groups is 1. The molecule has 0 aliphatic heterocycles. The van der Waals surface area contributed by atoms with Gasteiger partial charge in [-0.1, -0.05) is 88.8 Å². The van der Waals surface area contributed by atoms with E-state index in [-0.39, 0.29) is 5.41 Å². The minimum Gasteiger partial charge on any atom is -0.298 e. The molecule has 1 aliphatic carbocycles. The highest BCUT2D eigenvalue weighted by Crippen LogP contribution is 2.51. The van der Waals surface area contributed by atoms with Crippen molar-refractivity contribution >= 4 is 6.29 Å². The van der Waals surface area contributed by atoms with Gasteiger partial charge in [-0.2, -0.15) is 0 Å². The first kappa shape index (κ1) is 17.0.